The first-order chi connectivity index (χ1) is 7.66. The Morgan fingerprint density at radius 2 is 2.29 bits per heavy atom. The monoisotopic (exact) mass is 318 g/mol. The SMILES string of the molecule is Cc1ccc(NC(=O)[C@@H]2CCCN2)cc1Br.Cl. The number of rotatable bonds is 2. The Hall–Kier alpha value is -0.580. The van der Waals surface area contributed by atoms with Gasteiger partial charge in [-0.2, -0.15) is 0 Å². The lowest BCUT2D eigenvalue weighted by Crippen LogP contribution is -2.35. The molecule has 0 radical (unpaired) electrons. The molecule has 1 aliphatic heterocycles. The van der Waals surface area contributed by atoms with Crippen molar-refractivity contribution in [3.8, 4) is 0 Å². The third kappa shape index (κ3) is 3.69. The number of carbonyl (C=O) groups is 1. The van der Waals surface area contributed by atoms with Crippen LogP contribution < -0.4 is 10.6 Å². The highest BCUT2D eigenvalue weighted by atomic mass is 79.9. The predicted octanol–water partition coefficient (Wildman–Crippen LogP) is 2.87. The zero-order valence-electron chi connectivity index (χ0n) is 9.63. The fourth-order valence-electron chi connectivity index (χ4n) is 1.81. The van der Waals surface area contributed by atoms with Gasteiger partial charge in [0.15, 0.2) is 0 Å². The van der Waals surface area contributed by atoms with Crippen LogP contribution in [0.2, 0.25) is 0 Å². The van der Waals surface area contributed by atoms with Gasteiger partial charge in [-0.05, 0) is 44.0 Å². The zero-order valence-corrected chi connectivity index (χ0v) is 12.0. The van der Waals surface area contributed by atoms with E-state index in [1.54, 1.807) is 0 Å². The maximum absolute atomic E-state index is 11.8. The number of hydrogen-bond donors (Lipinski definition) is 2. The minimum absolute atomic E-state index is 0. The van der Waals surface area contributed by atoms with E-state index in [1.807, 2.05) is 25.1 Å². The molecular formula is C12H16BrClN2O. The Morgan fingerprint density at radius 3 is 2.88 bits per heavy atom. The minimum atomic E-state index is -0.0277. The zero-order chi connectivity index (χ0) is 11.5. The van der Waals surface area contributed by atoms with Crippen molar-refractivity contribution in [2.24, 2.45) is 0 Å². The van der Waals surface area contributed by atoms with Crippen molar-refractivity contribution in [2.45, 2.75) is 25.8 Å². The van der Waals surface area contributed by atoms with Crippen LogP contribution in [0.3, 0.4) is 0 Å². The van der Waals surface area contributed by atoms with Crippen LogP contribution in [0.4, 0.5) is 5.69 Å². The fourth-order valence-corrected chi connectivity index (χ4v) is 2.19. The summed E-state index contributed by atoms with van der Waals surface area (Å²) >= 11 is 3.45. The van der Waals surface area contributed by atoms with Gasteiger partial charge < -0.3 is 10.6 Å². The maximum Gasteiger partial charge on any atom is 0.241 e. The lowest BCUT2D eigenvalue weighted by molar-refractivity contribution is -0.117. The molecule has 1 heterocycles. The van der Waals surface area contributed by atoms with Crippen LogP contribution in [0.1, 0.15) is 18.4 Å². The molecule has 1 aromatic carbocycles. The Kier molecular flexibility index (Phi) is 5.43. The van der Waals surface area contributed by atoms with Crippen molar-refractivity contribution < 1.29 is 4.79 Å². The molecule has 0 saturated carbocycles. The first kappa shape index (κ1) is 14.5. The van der Waals surface area contributed by atoms with Gasteiger partial charge in [-0.15, -0.1) is 12.4 Å². The molecule has 1 fully saturated rings. The topological polar surface area (TPSA) is 41.1 Å². The Morgan fingerprint density at radius 1 is 1.53 bits per heavy atom. The van der Waals surface area contributed by atoms with Crippen LogP contribution >= 0.6 is 28.3 Å². The molecule has 0 aromatic heterocycles. The molecule has 3 nitrogen and oxygen atoms in total. The number of benzene rings is 1. The van der Waals surface area contributed by atoms with E-state index in [1.165, 1.54) is 0 Å². The van der Waals surface area contributed by atoms with E-state index in [4.69, 9.17) is 0 Å². The first-order valence-electron chi connectivity index (χ1n) is 5.47. The molecule has 1 aliphatic rings. The highest BCUT2D eigenvalue weighted by Gasteiger charge is 2.21. The number of hydrogen-bond acceptors (Lipinski definition) is 2. The molecule has 5 heteroatoms. The van der Waals surface area contributed by atoms with Gasteiger partial charge in [0, 0.05) is 10.2 Å². The summed E-state index contributed by atoms with van der Waals surface area (Å²) in [6.45, 7) is 2.96. The van der Waals surface area contributed by atoms with Gasteiger partial charge in [0.25, 0.3) is 0 Å². The van der Waals surface area contributed by atoms with Crippen LogP contribution in [-0.4, -0.2) is 18.5 Å². The van der Waals surface area contributed by atoms with Crippen LogP contribution in [0, 0.1) is 6.92 Å². The van der Waals surface area contributed by atoms with Gasteiger partial charge in [-0.1, -0.05) is 22.0 Å². The van der Waals surface area contributed by atoms with Gasteiger partial charge in [-0.3, -0.25) is 4.79 Å². The predicted molar refractivity (Wildman–Crippen MR) is 75.8 cm³/mol. The van der Waals surface area contributed by atoms with Crippen LogP contribution in [0.5, 0.6) is 0 Å². The van der Waals surface area contributed by atoms with Gasteiger partial charge in [0.2, 0.25) is 5.91 Å². The lowest BCUT2D eigenvalue weighted by atomic mass is 10.2. The smallest absolute Gasteiger partial charge is 0.241 e. The van der Waals surface area contributed by atoms with E-state index in [2.05, 4.69) is 26.6 Å². The van der Waals surface area contributed by atoms with Crippen molar-refractivity contribution >= 4 is 39.9 Å². The Balaban J connectivity index is 0.00000144. The summed E-state index contributed by atoms with van der Waals surface area (Å²) in [4.78, 5) is 11.8. The molecule has 0 unspecified atom stereocenters. The normalized spacial score (nSPS) is 18.6. The molecule has 0 aliphatic carbocycles. The molecule has 0 bridgehead atoms. The van der Waals surface area contributed by atoms with Crippen molar-refractivity contribution in [2.75, 3.05) is 11.9 Å². The molecule has 94 valence electrons. The summed E-state index contributed by atoms with van der Waals surface area (Å²) < 4.78 is 1.02. The van der Waals surface area contributed by atoms with Gasteiger partial charge in [0.05, 0.1) is 6.04 Å². The minimum Gasteiger partial charge on any atom is -0.325 e. The molecule has 1 atom stereocenters. The van der Waals surface area contributed by atoms with Crippen LogP contribution in [0.15, 0.2) is 22.7 Å². The van der Waals surface area contributed by atoms with Crippen molar-refractivity contribution in [1.29, 1.82) is 0 Å². The van der Waals surface area contributed by atoms with Crippen molar-refractivity contribution in [3.05, 3.63) is 28.2 Å². The van der Waals surface area contributed by atoms with Crippen LogP contribution in [0.25, 0.3) is 0 Å². The van der Waals surface area contributed by atoms with Crippen molar-refractivity contribution in [1.82, 2.24) is 5.32 Å². The van der Waals surface area contributed by atoms with Crippen LogP contribution in [-0.2, 0) is 4.79 Å². The number of carbonyl (C=O) groups excluding carboxylic acids is 1. The Bertz CT molecular complexity index is 405. The lowest BCUT2D eigenvalue weighted by Gasteiger charge is -2.11. The molecule has 0 spiro atoms. The molecule has 2 rings (SSSR count). The highest BCUT2D eigenvalue weighted by molar-refractivity contribution is 9.10. The van der Waals surface area contributed by atoms with E-state index in [0.717, 1.165) is 35.1 Å². The molecule has 1 saturated heterocycles. The summed E-state index contributed by atoms with van der Waals surface area (Å²) in [5, 5.41) is 6.10. The summed E-state index contributed by atoms with van der Waals surface area (Å²) in [6.07, 6.45) is 2.01. The van der Waals surface area contributed by atoms with E-state index in [-0.39, 0.29) is 24.4 Å². The van der Waals surface area contributed by atoms with Gasteiger partial charge >= 0.3 is 0 Å². The molecule has 17 heavy (non-hydrogen) atoms. The second-order valence-electron chi connectivity index (χ2n) is 4.10. The van der Waals surface area contributed by atoms with Crippen molar-refractivity contribution in [3.63, 3.8) is 0 Å². The third-order valence-electron chi connectivity index (χ3n) is 2.82. The Labute approximate surface area is 116 Å². The number of nitrogens with one attached hydrogen (secondary N) is 2. The average molecular weight is 320 g/mol. The molecular weight excluding hydrogens is 304 g/mol. The van der Waals surface area contributed by atoms with E-state index in [0.29, 0.717) is 0 Å². The quantitative estimate of drug-likeness (QED) is 0.880. The van der Waals surface area contributed by atoms with Gasteiger partial charge in [-0.25, -0.2) is 0 Å². The first-order valence-corrected chi connectivity index (χ1v) is 6.26. The standard InChI is InChI=1S/C12H15BrN2O.ClH/c1-8-4-5-9(7-10(8)13)15-12(16)11-3-2-6-14-11;/h4-5,7,11,14H,2-3,6H2,1H3,(H,15,16);1H/t11-;/m0./s1. The molecule has 2 N–H and O–H groups in total. The number of anilines is 1. The second kappa shape index (κ2) is 6.38. The molecule has 1 amide bonds. The van der Waals surface area contributed by atoms with E-state index in [9.17, 15) is 4.79 Å². The summed E-state index contributed by atoms with van der Waals surface area (Å²) in [5.74, 6) is 0.0632. The number of aryl methyl sites for hydroxylation is 1. The van der Waals surface area contributed by atoms with E-state index < -0.39 is 0 Å². The largest absolute Gasteiger partial charge is 0.325 e. The summed E-state index contributed by atoms with van der Waals surface area (Å²) in [7, 11) is 0. The highest BCUT2D eigenvalue weighted by Crippen LogP contribution is 2.21. The second-order valence-corrected chi connectivity index (χ2v) is 4.96. The number of amides is 1. The van der Waals surface area contributed by atoms with Gasteiger partial charge in [0.1, 0.15) is 0 Å². The third-order valence-corrected chi connectivity index (χ3v) is 3.67. The number of halogens is 2. The average Bonchev–Trinajstić information content (AvgIpc) is 2.77. The summed E-state index contributed by atoms with van der Waals surface area (Å²) in [6, 6.07) is 5.82. The maximum atomic E-state index is 11.8. The molecule has 1 aromatic rings. The van der Waals surface area contributed by atoms with E-state index >= 15 is 0 Å². The fraction of sp³-hybridized carbons (Fsp3) is 0.417. The summed E-state index contributed by atoms with van der Waals surface area (Å²) in [5.41, 5.74) is 2.01.